The van der Waals surface area contributed by atoms with Gasteiger partial charge in [0.15, 0.2) is 0 Å². The number of esters is 1. The monoisotopic (exact) mass is 444 g/mol. The van der Waals surface area contributed by atoms with Crippen molar-refractivity contribution in [1.82, 2.24) is 9.88 Å². The average Bonchev–Trinajstić information content (AvgIpc) is 2.83. The number of aromatic nitrogens is 1. The van der Waals surface area contributed by atoms with Gasteiger partial charge >= 0.3 is 12.1 Å². The number of halogens is 1. The summed E-state index contributed by atoms with van der Waals surface area (Å²) in [7, 11) is 1.21. The fourth-order valence-electron chi connectivity index (χ4n) is 3.60. The molecule has 0 saturated carbocycles. The standard InChI is InChI=1S/C24H29FN2O5/c1-3-4-15-31-24(29)27-13-11-17(12-14-27)20-9-6-10-21(26-20)32-16-18-7-5-8-19(22(18)25)23(28)30-2/h5-10,17H,3-4,11-16H2,1-2H3. The molecule has 0 spiro atoms. The van der Waals surface area contributed by atoms with Crippen molar-refractivity contribution in [2.24, 2.45) is 0 Å². The van der Waals surface area contributed by atoms with Gasteiger partial charge in [-0.25, -0.2) is 19.0 Å². The predicted molar refractivity (Wildman–Crippen MR) is 116 cm³/mol. The highest BCUT2D eigenvalue weighted by molar-refractivity contribution is 5.89. The largest absolute Gasteiger partial charge is 0.473 e. The number of carbonyl (C=O) groups excluding carboxylic acids is 2. The third kappa shape index (κ3) is 5.96. The second-order valence-electron chi connectivity index (χ2n) is 7.69. The van der Waals surface area contributed by atoms with Crippen LogP contribution in [-0.4, -0.2) is 48.8 Å². The Labute approximate surface area is 187 Å². The summed E-state index contributed by atoms with van der Waals surface area (Å²) in [4.78, 5) is 30.1. The van der Waals surface area contributed by atoms with Crippen LogP contribution < -0.4 is 4.74 Å². The lowest BCUT2D eigenvalue weighted by Gasteiger charge is -2.31. The molecule has 1 aromatic carbocycles. The van der Waals surface area contributed by atoms with Gasteiger partial charge in [0.05, 0.1) is 19.3 Å². The van der Waals surface area contributed by atoms with Gasteiger partial charge < -0.3 is 19.1 Å². The molecular formula is C24H29FN2O5. The molecule has 0 aliphatic carbocycles. The minimum absolute atomic E-state index is 0.0604. The Morgan fingerprint density at radius 2 is 1.91 bits per heavy atom. The van der Waals surface area contributed by atoms with Crippen molar-refractivity contribution in [2.45, 2.75) is 45.1 Å². The van der Waals surface area contributed by atoms with Crippen molar-refractivity contribution < 1.29 is 28.2 Å². The molecule has 0 atom stereocenters. The molecule has 1 saturated heterocycles. The van der Waals surface area contributed by atoms with Crippen LogP contribution in [0, 0.1) is 5.82 Å². The van der Waals surface area contributed by atoms with Crippen LogP contribution in [0.15, 0.2) is 36.4 Å². The minimum atomic E-state index is -0.731. The van der Waals surface area contributed by atoms with E-state index >= 15 is 0 Å². The molecular weight excluding hydrogens is 415 g/mol. The molecule has 0 unspecified atom stereocenters. The normalized spacial score (nSPS) is 14.2. The van der Waals surface area contributed by atoms with Crippen molar-refractivity contribution in [3.05, 3.63) is 59.0 Å². The average molecular weight is 445 g/mol. The molecule has 7 nitrogen and oxygen atoms in total. The molecule has 0 N–H and O–H groups in total. The van der Waals surface area contributed by atoms with Crippen LogP contribution in [-0.2, 0) is 16.1 Å². The first-order valence-electron chi connectivity index (χ1n) is 10.9. The summed E-state index contributed by atoms with van der Waals surface area (Å²) < 4.78 is 30.1. The van der Waals surface area contributed by atoms with Crippen LogP contribution in [0.5, 0.6) is 5.88 Å². The molecule has 1 aliphatic heterocycles. The van der Waals surface area contributed by atoms with Crippen LogP contribution in [0.3, 0.4) is 0 Å². The van der Waals surface area contributed by atoms with Crippen molar-refractivity contribution in [3.8, 4) is 5.88 Å². The third-order valence-electron chi connectivity index (χ3n) is 5.50. The number of amides is 1. The number of rotatable bonds is 8. The molecule has 172 valence electrons. The van der Waals surface area contributed by atoms with Gasteiger partial charge in [0, 0.05) is 36.3 Å². The number of benzene rings is 1. The second-order valence-corrected chi connectivity index (χ2v) is 7.69. The van der Waals surface area contributed by atoms with Crippen molar-refractivity contribution in [3.63, 3.8) is 0 Å². The number of methoxy groups -OCH3 is 1. The van der Waals surface area contributed by atoms with Crippen LogP contribution >= 0.6 is 0 Å². The van der Waals surface area contributed by atoms with Crippen molar-refractivity contribution in [2.75, 3.05) is 26.8 Å². The SMILES string of the molecule is CCCCOC(=O)N1CCC(c2cccc(OCc3cccc(C(=O)OC)c3F)n2)CC1. The Hall–Kier alpha value is -3.16. The quantitative estimate of drug-likeness (QED) is 0.434. The Kier molecular flexibility index (Phi) is 8.41. The Morgan fingerprint density at radius 3 is 2.62 bits per heavy atom. The maximum Gasteiger partial charge on any atom is 0.409 e. The second kappa shape index (κ2) is 11.5. The highest BCUT2D eigenvalue weighted by atomic mass is 19.1. The summed E-state index contributed by atoms with van der Waals surface area (Å²) in [5, 5.41) is 0. The van der Waals surface area contributed by atoms with E-state index in [9.17, 15) is 14.0 Å². The first-order chi connectivity index (χ1) is 15.5. The Morgan fingerprint density at radius 1 is 1.16 bits per heavy atom. The molecule has 0 bridgehead atoms. The number of unbranched alkanes of at least 4 members (excludes halogenated alkanes) is 1. The molecule has 2 heterocycles. The summed E-state index contributed by atoms with van der Waals surface area (Å²) in [5.41, 5.74) is 0.996. The van der Waals surface area contributed by atoms with Gasteiger partial charge in [-0.1, -0.05) is 31.5 Å². The number of hydrogen-bond donors (Lipinski definition) is 0. The van der Waals surface area contributed by atoms with Crippen LogP contribution in [0.4, 0.5) is 9.18 Å². The molecule has 32 heavy (non-hydrogen) atoms. The highest BCUT2D eigenvalue weighted by Gasteiger charge is 2.25. The van der Waals surface area contributed by atoms with Crippen LogP contribution in [0.2, 0.25) is 0 Å². The zero-order valence-electron chi connectivity index (χ0n) is 18.5. The summed E-state index contributed by atoms with van der Waals surface area (Å²) in [6.07, 6.45) is 3.18. The molecule has 8 heteroatoms. The van der Waals surface area contributed by atoms with E-state index < -0.39 is 11.8 Å². The predicted octanol–water partition coefficient (Wildman–Crippen LogP) is 4.70. The van der Waals surface area contributed by atoms with Gasteiger partial charge in [0.25, 0.3) is 0 Å². The summed E-state index contributed by atoms with van der Waals surface area (Å²) in [5.74, 6) is -0.803. The van der Waals surface area contributed by atoms with E-state index in [0.717, 1.165) is 31.4 Å². The number of nitrogens with zero attached hydrogens (tertiary/aromatic N) is 2. The smallest absolute Gasteiger partial charge is 0.409 e. The van der Waals surface area contributed by atoms with Gasteiger partial charge in [-0.05, 0) is 31.4 Å². The van der Waals surface area contributed by atoms with E-state index in [1.54, 1.807) is 23.1 Å². The molecule has 1 fully saturated rings. The van der Waals surface area contributed by atoms with Gasteiger partial charge in [-0.15, -0.1) is 0 Å². The highest BCUT2D eigenvalue weighted by Crippen LogP contribution is 2.28. The Bertz CT molecular complexity index is 928. The Balaban J connectivity index is 1.57. The maximum absolute atomic E-state index is 14.5. The zero-order valence-corrected chi connectivity index (χ0v) is 18.5. The molecule has 1 aliphatic rings. The summed E-state index contributed by atoms with van der Waals surface area (Å²) in [6, 6.07) is 10.0. The van der Waals surface area contributed by atoms with Crippen LogP contribution in [0.25, 0.3) is 0 Å². The fourth-order valence-corrected chi connectivity index (χ4v) is 3.60. The number of piperidine rings is 1. The first kappa shape index (κ1) is 23.5. The van der Waals surface area contributed by atoms with E-state index in [4.69, 9.17) is 9.47 Å². The topological polar surface area (TPSA) is 78.0 Å². The van der Waals surface area contributed by atoms with E-state index in [1.807, 2.05) is 12.1 Å². The molecule has 0 radical (unpaired) electrons. The first-order valence-corrected chi connectivity index (χ1v) is 10.9. The molecule has 3 rings (SSSR count). The van der Waals surface area contributed by atoms with Gasteiger partial charge in [-0.2, -0.15) is 0 Å². The number of likely N-dealkylation sites (tertiary alicyclic amines) is 1. The van der Waals surface area contributed by atoms with E-state index in [2.05, 4.69) is 16.6 Å². The minimum Gasteiger partial charge on any atom is -0.473 e. The number of ether oxygens (including phenoxy) is 3. The number of pyridine rings is 1. The van der Waals surface area contributed by atoms with Gasteiger partial charge in [0.1, 0.15) is 12.4 Å². The van der Waals surface area contributed by atoms with E-state index in [1.165, 1.54) is 13.2 Å². The summed E-state index contributed by atoms with van der Waals surface area (Å²) in [6.45, 7) is 3.69. The third-order valence-corrected chi connectivity index (χ3v) is 5.50. The number of carbonyl (C=O) groups is 2. The van der Waals surface area contributed by atoms with Gasteiger partial charge in [-0.3, -0.25) is 0 Å². The molecule has 1 amide bonds. The lowest BCUT2D eigenvalue weighted by Crippen LogP contribution is -2.38. The van der Waals surface area contributed by atoms with Crippen molar-refractivity contribution in [1.29, 1.82) is 0 Å². The lowest BCUT2D eigenvalue weighted by molar-refractivity contribution is 0.0594. The van der Waals surface area contributed by atoms with E-state index in [0.29, 0.717) is 25.6 Å². The van der Waals surface area contributed by atoms with Gasteiger partial charge in [0.2, 0.25) is 5.88 Å². The summed E-state index contributed by atoms with van der Waals surface area (Å²) >= 11 is 0. The fraction of sp³-hybridized carbons (Fsp3) is 0.458. The molecule has 2 aromatic rings. The lowest BCUT2D eigenvalue weighted by atomic mass is 9.93. The number of hydrogen-bond acceptors (Lipinski definition) is 6. The van der Waals surface area contributed by atoms with E-state index in [-0.39, 0.29) is 29.7 Å². The van der Waals surface area contributed by atoms with Crippen molar-refractivity contribution >= 4 is 12.1 Å². The zero-order chi connectivity index (χ0) is 22.9. The van der Waals surface area contributed by atoms with Crippen LogP contribution in [0.1, 0.15) is 60.1 Å². The maximum atomic E-state index is 14.5. The molecule has 1 aromatic heterocycles.